The fourth-order valence-corrected chi connectivity index (χ4v) is 1.58. The number of carboxylic acids is 1. The SMILES string of the molecule is CC(O)C(C(=O)O)[P+](C)=O. The van der Waals surface area contributed by atoms with E-state index in [4.69, 9.17) is 10.2 Å². The smallest absolute Gasteiger partial charge is 0.358 e. The molecule has 0 aliphatic rings. The molecule has 0 aliphatic carbocycles. The van der Waals surface area contributed by atoms with Gasteiger partial charge in [0, 0.05) is 0 Å². The highest BCUT2D eigenvalue weighted by atomic mass is 31.1. The molecule has 3 unspecified atom stereocenters. The number of aliphatic carboxylic acids is 1. The molecule has 0 aromatic heterocycles. The van der Waals surface area contributed by atoms with Crippen molar-refractivity contribution in [3.8, 4) is 0 Å². The van der Waals surface area contributed by atoms with Gasteiger partial charge in [-0.2, -0.15) is 0 Å². The predicted octanol–water partition coefficient (Wildman–Crippen LogP) is 0.278. The van der Waals surface area contributed by atoms with Crippen LogP contribution in [-0.2, 0) is 9.36 Å². The summed E-state index contributed by atoms with van der Waals surface area (Å²) in [7, 11) is -1.84. The van der Waals surface area contributed by atoms with Gasteiger partial charge in [0.25, 0.3) is 5.66 Å². The Hall–Kier alpha value is -0.470. The van der Waals surface area contributed by atoms with Crippen LogP contribution >= 0.6 is 7.80 Å². The van der Waals surface area contributed by atoms with Crippen LogP contribution in [0.25, 0.3) is 0 Å². The minimum absolute atomic E-state index is 1.05. The van der Waals surface area contributed by atoms with Gasteiger partial charge in [-0.1, -0.05) is 4.57 Å². The van der Waals surface area contributed by atoms with Crippen molar-refractivity contribution in [2.75, 3.05) is 6.66 Å². The highest BCUT2D eigenvalue weighted by Gasteiger charge is 2.37. The quantitative estimate of drug-likeness (QED) is 0.589. The van der Waals surface area contributed by atoms with Crippen molar-refractivity contribution in [2.45, 2.75) is 18.7 Å². The zero-order valence-corrected chi connectivity index (χ0v) is 6.71. The molecule has 5 heteroatoms. The van der Waals surface area contributed by atoms with E-state index in [1.807, 2.05) is 0 Å². The Bertz CT molecular complexity index is 140. The minimum Gasteiger partial charge on any atom is -0.478 e. The lowest BCUT2D eigenvalue weighted by atomic mass is 10.3. The summed E-state index contributed by atoms with van der Waals surface area (Å²) in [6.07, 6.45) is -1.05. The number of hydrogen-bond donors (Lipinski definition) is 2. The monoisotopic (exact) mass is 165 g/mol. The Labute approximate surface area is 59.7 Å². The van der Waals surface area contributed by atoms with E-state index < -0.39 is 25.5 Å². The Morgan fingerprint density at radius 1 is 1.60 bits per heavy atom. The summed E-state index contributed by atoms with van der Waals surface area (Å²) in [5.41, 5.74) is -1.13. The van der Waals surface area contributed by atoms with Gasteiger partial charge in [-0.15, -0.1) is 0 Å². The fourth-order valence-electron chi connectivity index (χ4n) is 0.666. The van der Waals surface area contributed by atoms with Gasteiger partial charge in [0.15, 0.2) is 0 Å². The Kier molecular flexibility index (Phi) is 3.47. The molecule has 0 radical (unpaired) electrons. The zero-order valence-electron chi connectivity index (χ0n) is 5.81. The van der Waals surface area contributed by atoms with Crippen molar-refractivity contribution < 1.29 is 19.6 Å². The largest absolute Gasteiger partial charge is 0.478 e. The number of carbonyl (C=O) groups is 1. The Morgan fingerprint density at radius 2 is 2.00 bits per heavy atom. The van der Waals surface area contributed by atoms with E-state index in [1.165, 1.54) is 13.6 Å². The van der Waals surface area contributed by atoms with Gasteiger partial charge in [0.05, 0.1) is 0 Å². The molecule has 10 heavy (non-hydrogen) atoms. The summed E-state index contributed by atoms with van der Waals surface area (Å²) in [4.78, 5) is 10.2. The minimum atomic E-state index is -1.84. The normalized spacial score (nSPS) is 17.7. The number of hydrogen-bond acceptors (Lipinski definition) is 3. The van der Waals surface area contributed by atoms with E-state index in [9.17, 15) is 9.36 Å². The van der Waals surface area contributed by atoms with E-state index in [0.29, 0.717) is 0 Å². The van der Waals surface area contributed by atoms with Crippen LogP contribution < -0.4 is 0 Å². The molecular formula is C5H10O4P+. The Morgan fingerprint density at radius 3 is 2.00 bits per heavy atom. The summed E-state index contributed by atoms with van der Waals surface area (Å²) in [5, 5.41) is 17.2. The van der Waals surface area contributed by atoms with Gasteiger partial charge in [0.1, 0.15) is 12.8 Å². The lowest BCUT2D eigenvalue weighted by Crippen LogP contribution is -2.28. The van der Waals surface area contributed by atoms with E-state index >= 15 is 0 Å². The van der Waals surface area contributed by atoms with Crippen molar-refractivity contribution >= 4 is 13.8 Å². The molecule has 58 valence electrons. The van der Waals surface area contributed by atoms with E-state index in [-0.39, 0.29) is 0 Å². The highest BCUT2D eigenvalue weighted by molar-refractivity contribution is 7.45. The topological polar surface area (TPSA) is 74.6 Å². The second kappa shape index (κ2) is 3.64. The summed E-state index contributed by atoms with van der Waals surface area (Å²) in [5.74, 6) is -1.21. The predicted molar refractivity (Wildman–Crippen MR) is 36.6 cm³/mol. The molecule has 0 saturated heterocycles. The molecule has 0 fully saturated rings. The number of rotatable bonds is 3. The zero-order chi connectivity index (χ0) is 8.31. The molecule has 2 N–H and O–H groups in total. The van der Waals surface area contributed by atoms with Crippen LogP contribution in [0.2, 0.25) is 0 Å². The maximum atomic E-state index is 10.6. The standard InChI is InChI=1S/C5H9O4P/c1-3(6)4(5(7)8)10(2)9/h3-4,6H,1-2H3/p+1. The third-order valence-corrected chi connectivity index (χ3v) is 2.54. The molecule has 3 atom stereocenters. The van der Waals surface area contributed by atoms with Crippen molar-refractivity contribution in [3.63, 3.8) is 0 Å². The van der Waals surface area contributed by atoms with Gasteiger partial charge in [-0.05, 0) is 6.92 Å². The van der Waals surface area contributed by atoms with E-state index in [0.717, 1.165) is 0 Å². The molecule has 0 rings (SSSR count). The van der Waals surface area contributed by atoms with Gasteiger partial charge >= 0.3 is 13.8 Å². The number of carboxylic acid groups (broad SMARTS) is 1. The maximum Gasteiger partial charge on any atom is 0.358 e. The van der Waals surface area contributed by atoms with Gasteiger partial charge < -0.3 is 10.2 Å². The third-order valence-electron chi connectivity index (χ3n) is 1.10. The lowest BCUT2D eigenvalue weighted by molar-refractivity contribution is -0.138. The molecule has 0 aliphatic heterocycles. The van der Waals surface area contributed by atoms with Gasteiger partial charge in [-0.25, -0.2) is 4.79 Å². The summed E-state index contributed by atoms with van der Waals surface area (Å²) in [6.45, 7) is 2.61. The maximum absolute atomic E-state index is 10.6. The molecule has 0 spiro atoms. The summed E-state index contributed by atoms with van der Waals surface area (Å²) < 4.78 is 10.6. The van der Waals surface area contributed by atoms with E-state index in [1.54, 1.807) is 0 Å². The molecule has 0 amide bonds. The third kappa shape index (κ3) is 2.42. The first-order valence-electron chi connectivity index (χ1n) is 2.77. The Balaban J connectivity index is 4.27. The molecule has 0 heterocycles. The van der Waals surface area contributed by atoms with Crippen LogP contribution in [0.3, 0.4) is 0 Å². The molecule has 0 aromatic carbocycles. The van der Waals surface area contributed by atoms with Crippen molar-refractivity contribution in [1.82, 2.24) is 0 Å². The average Bonchev–Trinajstić information content (AvgIpc) is 1.59. The lowest BCUT2D eigenvalue weighted by Gasteiger charge is -2.02. The molecule has 4 nitrogen and oxygen atoms in total. The van der Waals surface area contributed by atoms with Crippen molar-refractivity contribution in [2.24, 2.45) is 0 Å². The second-order valence-electron chi connectivity index (χ2n) is 2.07. The first-order valence-corrected chi connectivity index (χ1v) is 4.55. The van der Waals surface area contributed by atoms with Gasteiger partial charge in [-0.3, -0.25) is 0 Å². The molecular weight excluding hydrogens is 155 g/mol. The first kappa shape index (κ1) is 9.53. The van der Waals surface area contributed by atoms with Crippen molar-refractivity contribution in [3.05, 3.63) is 0 Å². The van der Waals surface area contributed by atoms with Crippen LogP contribution in [0.15, 0.2) is 0 Å². The van der Waals surface area contributed by atoms with Crippen LogP contribution in [0.1, 0.15) is 6.92 Å². The fraction of sp³-hybridized carbons (Fsp3) is 0.800. The average molecular weight is 165 g/mol. The molecule has 0 aromatic rings. The van der Waals surface area contributed by atoms with Crippen molar-refractivity contribution in [1.29, 1.82) is 0 Å². The van der Waals surface area contributed by atoms with Crippen LogP contribution in [-0.4, -0.2) is 34.6 Å². The second-order valence-corrected chi connectivity index (χ2v) is 3.72. The van der Waals surface area contributed by atoms with Gasteiger partial charge in [0.2, 0.25) is 0 Å². The first-order chi connectivity index (χ1) is 4.46. The van der Waals surface area contributed by atoms with Crippen LogP contribution in [0, 0.1) is 0 Å². The molecule has 0 saturated carbocycles. The number of aliphatic hydroxyl groups excluding tert-OH is 1. The van der Waals surface area contributed by atoms with Crippen LogP contribution in [0.4, 0.5) is 0 Å². The summed E-state index contributed by atoms with van der Waals surface area (Å²) >= 11 is 0. The molecule has 0 bridgehead atoms. The highest BCUT2D eigenvalue weighted by Crippen LogP contribution is 2.25. The number of aliphatic hydroxyl groups is 1. The summed E-state index contributed by atoms with van der Waals surface area (Å²) in [6, 6.07) is 0. The van der Waals surface area contributed by atoms with Crippen LogP contribution in [0.5, 0.6) is 0 Å². The van der Waals surface area contributed by atoms with E-state index in [2.05, 4.69) is 0 Å².